The Kier molecular flexibility index (Phi) is 5.71. The Bertz CT molecular complexity index is 1240. The van der Waals surface area contributed by atoms with Crippen molar-refractivity contribution in [2.45, 2.75) is 84.8 Å². The summed E-state index contributed by atoms with van der Waals surface area (Å²) in [6, 6.07) is 7.96. The number of para-hydroxylation sites is 2. The first kappa shape index (κ1) is 24.0. The van der Waals surface area contributed by atoms with Crippen molar-refractivity contribution in [3.05, 3.63) is 48.3 Å². The lowest BCUT2D eigenvalue weighted by Gasteiger charge is -2.57. The summed E-state index contributed by atoms with van der Waals surface area (Å²) in [5.74, 6) is 1.94. The van der Waals surface area contributed by atoms with Gasteiger partial charge in [-0.2, -0.15) is 0 Å². The number of rotatable bonds is 4. The molecule has 5 heteroatoms. The minimum absolute atomic E-state index is 0.0266. The van der Waals surface area contributed by atoms with Crippen LogP contribution in [0.15, 0.2) is 48.3 Å². The van der Waals surface area contributed by atoms with Crippen LogP contribution in [0.3, 0.4) is 0 Å². The first-order valence-corrected chi connectivity index (χ1v) is 14.0. The molecule has 2 aromatic rings. The van der Waals surface area contributed by atoms with Gasteiger partial charge in [0.1, 0.15) is 18.5 Å². The van der Waals surface area contributed by atoms with E-state index >= 15 is 0 Å². The highest BCUT2D eigenvalue weighted by molar-refractivity contribution is 5.80. The molecule has 0 radical (unpaired) electrons. The Morgan fingerprint density at radius 3 is 2.67 bits per heavy atom. The lowest BCUT2D eigenvalue weighted by Crippen LogP contribution is -2.50. The van der Waals surface area contributed by atoms with Gasteiger partial charge in [0.2, 0.25) is 0 Å². The topological polar surface area (TPSA) is 70.1 Å². The number of allylic oxidation sites excluding steroid dienone is 3. The standard InChI is InChI=1S/C31H41N3O2/c1-19(2)28(32)29(35)36-21-13-15-30(3)20(17-21)9-10-22-23-11-12-27(31(23,4)16-14-24(22)30)34-18-33-25-7-5-6-8-26(25)34/h5-9,12,18-19,21-24,28H,10-11,13-17,32H2,1-4H3/t21-,22?,23?,24?,28?,30-,31-/m0/s1. The fourth-order valence-electron chi connectivity index (χ4n) is 8.31. The molecule has 7 atom stereocenters. The summed E-state index contributed by atoms with van der Waals surface area (Å²) < 4.78 is 8.26. The molecular weight excluding hydrogens is 446 g/mol. The number of hydrogen-bond donors (Lipinski definition) is 1. The zero-order valence-electron chi connectivity index (χ0n) is 22.2. The molecule has 6 rings (SSSR count). The van der Waals surface area contributed by atoms with Gasteiger partial charge in [0.25, 0.3) is 0 Å². The van der Waals surface area contributed by atoms with Crippen molar-refractivity contribution in [3.8, 4) is 0 Å². The molecule has 2 fully saturated rings. The van der Waals surface area contributed by atoms with E-state index in [4.69, 9.17) is 15.5 Å². The Hall–Kier alpha value is -2.40. The zero-order valence-corrected chi connectivity index (χ0v) is 22.2. The quantitative estimate of drug-likeness (QED) is 0.403. The predicted molar refractivity (Wildman–Crippen MR) is 144 cm³/mol. The first-order chi connectivity index (χ1) is 17.2. The van der Waals surface area contributed by atoms with Crippen molar-refractivity contribution in [3.63, 3.8) is 0 Å². The molecule has 2 N–H and O–H groups in total. The molecule has 1 heterocycles. The highest BCUT2D eigenvalue weighted by Crippen LogP contribution is 2.65. The second kappa shape index (κ2) is 8.58. The predicted octanol–water partition coefficient (Wildman–Crippen LogP) is 6.35. The van der Waals surface area contributed by atoms with E-state index in [1.807, 2.05) is 20.2 Å². The summed E-state index contributed by atoms with van der Waals surface area (Å²) in [5.41, 5.74) is 11.7. The van der Waals surface area contributed by atoms with Crippen molar-refractivity contribution in [2.75, 3.05) is 0 Å². The number of aromatic nitrogens is 2. The van der Waals surface area contributed by atoms with E-state index in [0.717, 1.165) is 37.6 Å². The SMILES string of the molecule is CC(C)C(N)C(=O)O[C@H]1CC[C@@]2(C)C(=CCC3C2CC[C@]2(C)C(n4cnc5ccccc54)=CCC32)C1. The minimum atomic E-state index is -0.532. The van der Waals surface area contributed by atoms with Crippen LogP contribution in [-0.2, 0) is 9.53 Å². The van der Waals surface area contributed by atoms with E-state index < -0.39 is 6.04 Å². The molecule has 0 amide bonds. The van der Waals surface area contributed by atoms with Crippen LogP contribution in [0, 0.1) is 34.5 Å². The fourth-order valence-corrected chi connectivity index (χ4v) is 8.31. The van der Waals surface area contributed by atoms with Crippen LogP contribution in [0.1, 0.15) is 72.6 Å². The molecule has 1 aromatic carbocycles. The molecule has 4 aliphatic carbocycles. The number of ether oxygens (including phenoxy) is 1. The van der Waals surface area contributed by atoms with Crippen LogP contribution in [0.5, 0.6) is 0 Å². The van der Waals surface area contributed by atoms with E-state index in [0.29, 0.717) is 17.8 Å². The molecule has 36 heavy (non-hydrogen) atoms. The summed E-state index contributed by atoms with van der Waals surface area (Å²) in [4.78, 5) is 17.2. The minimum Gasteiger partial charge on any atom is -0.461 e. The number of carbonyl (C=O) groups excluding carboxylic acids is 1. The van der Waals surface area contributed by atoms with Crippen molar-refractivity contribution in [1.82, 2.24) is 9.55 Å². The van der Waals surface area contributed by atoms with Crippen LogP contribution in [0.4, 0.5) is 0 Å². The van der Waals surface area contributed by atoms with E-state index in [2.05, 4.69) is 54.8 Å². The highest BCUT2D eigenvalue weighted by Gasteiger charge is 2.57. The third kappa shape index (κ3) is 3.53. The van der Waals surface area contributed by atoms with Gasteiger partial charge in [-0.15, -0.1) is 0 Å². The lowest BCUT2D eigenvalue weighted by molar-refractivity contribution is -0.154. The van der Waals surface area contributed by atoms with E-state index in [1.165, 1.54) is 29.6 Å². The summed E-state index contributed by atoms with van der Waals surface area (Å²) >= 11 is 0. The van der Waals surface area contributed by atoms with Gasteiger partial charge in [0.15, 0.2) is 0 Å². The molecule has 0 saturated heterocycles. The molecule has 0 spiro atoms. The Morgan fingerprint density at radius 1 is 1.08 bits per heavy atom. The molecule has 4 aliphatic rings. The van der Waals surface area contributed by atoms with Crippen molar-refractivity contribution >= 4 is 22.7 Å². The third-order valence-corrected chi connectivity index (χ3v) is 10.6. The average molecular weight is 488 g/mol. The number of hydrogen-bond acceptors (Lipinski definition) is 4. The maximum absolute atomic E-state index is 12.5. The monoisotopic (exact) mass is 487 g/mol. The maximum atomic E-state index is 12.5. The van der Waals surface area contributed by atoms with E-state index in [1.54, 1.807) is 0 Å². The van der Waals surface area contributed by atoms with Crippen LogP contribution >= 0.6 is 0 Å². The number of fused-ring (bicyclic) bond motifs is 6. The van der Waals surface area contributed by atoms with Crippen LogP contribution < -0.4 is 5.73 Å². The van der Waals surface area contributed by atoms with Gasteiger partial charge in [0.05, 0.1) is 11.0 Å². The lowest BCUT2D eigenvalue weighted by atomic mass is 9.47. The van der Waals surface area contributed by atoms with Crippen LogP contribution in [-0.4, -0.2) is 27.7 Å². The van der Waals surface area contributed by atoms with Gasteiger partial charge in [-0.25, -0.2) is 4.98 Å². The fraction of sp³-hybridized carbons (Fsp3) is 0.613. The van der Waals surface area contributed by atoms with E-state index in [9.17, 15) is 4.79 Å². The highest BCUT2D eigenvalue weighted by atomic mass is 16.5. The zero-order chi connectivity index (χ0) is 25.2. The Balaban J connectivity index is 1.22. The Morgan fingerprint density at radius 2 is 1.86 bits per heavy atom. The number of esters is 1. The molecule has 192 valence electrons. The van der Waals surface area contributed by atoms with Gasteiger partial charge in [-0.05, 0) is 79.7 Å². The van der Waals surface area contributed by atoms with Gasteiger partial charge in [-0.3, -0.25) is 4.79 Å². The number of nitrogens with two attached hydrogens (primary N) is 1. The summed E-state index contributed by atoms with van der Waals surface area (Å²) in [7, 11) is 0. The van der Waals surface area contributed by atoms with Crippen molar-refractivity contribution in [1.29, 1.82) is 0 Å². The molecule has 1 aromatic heterocycles. The number of carbonyl (C=O) groups is 1. The normalized spacial score (nSPS) is 36.5. The van der Waals surface area contributed by atoms with Gasteiger partial charge in [0, 0.05) is 17.5 Å². The molecule has 0 bridgehead atoms. The summed E-state index contributed by atoms with van der Waals surface area (Å²) in [5, 5.41) is 0. The number of imidazole rings is 1. The van der Waals surface area contributed by atoms with E-state index in [-0.39, 0.29) is 28.8 Å². The molecule has 4 unspecified atom stereocenters. The smallest absolute Gasteiger partial charge is 0.323 e. The van der Waals surface area contributed by atoms with Crippen LogP contribution in [0.25, 0.3) is 16.7 Å². The summed E-state index contributed by atoms with van der Waals surface area (Å²) in [6.45, 7) is 8.96. The first-order valence-electron chi connectivity index (χ1n) is 14.0. The largest absolute Gasteiger partial charge is 0.461 e. The van der Waals surface area contributed by atoms with Gasteiger partial charge < -0.3 is 15.0 Å². The van der Waals surface area contributed by atoms with Crippen molar-refractivity contribution < 1.29 is 9.53 Å². The second-order valence-electron chi connectivity index (χ2n) is 12.7. The average Bonchev–Trinajstić information content (AvgIpc) is 3.44. The Labute approximate surface area is 215 Å². The third-order valence-electron chi connectivity index (χ3n) is 10.6. The molecule has 5 nitrogen and oxygen atoms in total. The number of nitrogens with zero attached hydrogens (tertiary/aromatic N) is 2. The second-order valence-corrected chi connectivity index (χ2v) is 12.7. The summed E-state index contributed by atoms with van der Waals surface area (Å²) in [6.07, 6.45) is 14.8. The molecule has 2 saturated carbocycles. The molecule has 0 aliphatic heterocycles. The van der Waals surface area contributed by atoms with Crippen LogP contribution in [0.2, 0.25) is 0 Å². The maximum Gasteiger partial charge on any atom is 0.323 e. The molecular formula is C31H41N3O2. The number of benzene rings is 1. The van der Waals surface area contributed by atoms with Gasteiger partial charge in [-0.1, -0.05) is 57.6 Å². The van der Waals surface area contributed by atoms with Crippen molar-refractivity contribution in [2.24, 2.45) is 40.2 Å². The van der Waals surface area contributed by atoms with Gasteiger partial charge >= 0.3 is 5.97 Å².